The van der Waals surface area contributed by atoms with Gasteiger partial charge < -0.3 is 5.32 Å². The van der Waals surface area contributed by atoms with Crippen LogP contribution in [0.1, 0.15) is 57.1 Å². The first-order valence-corrected chi connectivity index (χ1v) is 12.2. The van der Waals surface area contributed by atoms with E-state index in [9.17, 15) is 4.79 Å². The first-order valence-electron chi connectivity index (χ1n) is 12.2. The zero-order valence-electron chi connectivity index (χ0n) is 19.8. The number of piperidine rings is 1. The van der Waals surface area contributed by atoms with Crippen LogP contribution in [0.4, 0.5) is 11.4 Å². The van der Waals surface area contributed by atoms with E-state index in [0.717, 1.165) is 50.1 Å². The number of hydrogen-bond acceptors (Lipinski definition) is 4. The fraction of sp³-hybridized carbons (Fsp3) is 0.464. The first kappa shape index (κ1) is 23.2. The molecule has 0 aromatic heterocycles. The molecular formula is C28H34N4O. The number of para-hydroxylation sites is 1. The first-order chi connectivity index (χ1) is 16.0. The lowest BCUT2D eigenvalue weighted by molar-refractivity contribution is -0.117. The second-order valence-electron chi connectivity index (χ2n) is 9.80. The third kappa shape index (κ3) is 6.09. The molecule has 33 heavy (non-hydrogen) atoms. The van der Waals surface area contributed by atoms with Gasteiger partial charge in [0.25, 0.3) is 0 Å². The fourth-order valence-electron chi connectivity index (χ4n) is 4.96. The third-order valence-corrected chi connectivity index (χ3v) is 6.88. The van der Waals surface area contributed by atoms with Crippen molar-refractivity contribution >= 4 is 23.0 Å². The minimum atomic E-state index is 0.0509. The van der Waals surface area contributed by atoms with E-state index in [1.807, 2.05) is 0 Å². The number of nitrogens with one attached hydrogen (secondary N) is 1. The van der Waals surface area contributed by atoms with Gasteiger partial charge in [-0.3, -0.25) is 14.7 Å². The SMILES string of the molecule is CC(C)CCN1CCC(CC(=O)Nc2ccc(C#N)cc2)C[C@@H]1C1=Nc2ccccc2CC1. The number of amides is 1. The van der Waals surface area contributed by atoms with Crippen LogP contribution in [0.5, 0.6) is 0 Å². The molecule has 2 heterocycles. The number of anilines is 1. The minimum Gasteiger partial charge on any atom is -0.326 e. The second kappa shape index (κ2) is 10.8. The zero-order chi connectivity index (χ0) is 23.2. The summed E-state index contributed by atoms with van der Waals surface area (Å²) in [5, 5.41) is 12.0. The lowest BCUT2D eigenvalue weighted by Gasteiger charge is -2.41. The van der Waals surface area contributed by atoms with Crippen LogP contribution in [0.15, 0.2) is 53.5 Å². The Hall–Kier alpha value is -2.97. The molecular weight excluding hydrogens is 408 g/mol. The molecule has 172 valence electrons. The van der Waals surface area contributed by atoms with E-state index in [0.29, 0.717) is 29.9 Å². The summed E-state index contributed by atoms with van der Waals surface area (Å²) in [7, 11) is 0. The third-order valence-electron chi connectivity index (χ3n) is 6.88. The van der Waals surface area contributed by atoms with Crippen molar-refractivity contribution in [3.63, 3.8) is 0 Å². The van der Waals surface area contributed by atoms with Gasteiger partial charge >= 0.3 is 0 Å². The van der Waals surface area contributed by atoms with Crippen LogP contribution in [0, 0.1) is 23.2 Å². The van der Waals surface area contributed by atoms with E-state index < -0.39 is 0 Å². The summed E-state index contributed by atoms with van der Waals surface area (Å²) in [6.07, 6.45) is 5.79. The highest BCUT2D eigenvalue weighted by Crippen LogP contribution is 2.33. The molecule has 2 aromatic rings. The number of aryl methyl sites for hydroxylation is 1. The van der Waals surface area contributed by atoms with Crippen LogP contribution < -0.4 is 5.32 Å². The van der Waals surface area contributed by atoms with Crippen molar-refractivity contribution in [2.45, 2.75) is 58.4 Å². The summed E-state index contributed by atoms with van der Waals surface area (Å²) in [6, 6.07) is 18.0. The Morgan fingerprint density at radius 3 is 2.73 bits per heavy atom. The standard InChI is InChI=1S/C28H34N4O/c1-20(2)13-15-32-16-14-22(18-28(33)30-24-10-7-21(19-29)8-11-24)17-27(32)26-12-9-23-5-3-4-6-25(23)31-26/h3-8,10-11,20,22,27H,9,12-18H2,1-2H3,(H,30,33)/t22?,27-/m1/s1. The summed E-state index contributed by atoms with van der Waals surface area (Å²) in [5.74, 6) is 1.08. The molecule has 2 atom stereocenters. The van der Waals surface area contributed by atoms with Crippen LogP contribution in [0.2, 0.25) is 0 Å². The normalized spacial score (nSPS) is 20.6. The highest BCUT2D eigenvalue weighted by molar-refractivity contribution is 5.94. The van der Waals surface area contributed by atoms with E-state index >= 15 is 0 Å². The van der Waals surface area contributed by atoms with Crippen molar-refractivity contribution in [1.29, 1.82) is 5.26 Å². The molecule has 1 N–H and O–H groups in total. The Bertz CT molecular complexity index is 1030. The molecule has 1 unspecified atom stereocenters. The average molecular weight is 443 g/mol. The summed E-state index contributed by atoms with van der Waals surface area (Å²) >= 11 is 0. The minimum absolute atomic E-state index is 0.0509. The number of rotatable bonds is 7. The second-order valence-corrected chi connectivity index (χ2v) is 9.80. The van der Waals surface area contributed by atoms with Crippen LogP contribution in [0.25, 0.3) is 0 Å². The number of fused-ring (bicyclic) bond motifs is 1. The van der Waals surface area contributed by atoms with Gasteiger partial charge in [0.05, 0.1) is 17.3 Å². The van der Waals surface area contributed by atoms with Crippen molar-refractivity contribution in [3.8, 4) is 6.07 Å². The van der Waals surface area contributed by atoms with Crippen LogP contribution in [0.3, 0.4) is 0 Å². The molecule has 2 aliphatic rings. The van der Waals surface area contributed by atoms with Gasteiger partial charge in [-0.15, -0.1) is 0 Å². The van der Waals surface area contributed by atoms with Gasteiger partial charge in [-0.1, -0.05) is 32.0 Å². The highest BCUT2D eigenvalue weighted by atomic mass is 16.1. The predicted octanol–water partition coefficient (Wildman–Crippen LogP) is 5.73. The molecule has 0 spiro atoms. The number of likely N-dealkylation sites (tertiary alicyclic amines) is 1. The van der Waals surface area contributed by atoms with E-state index in [1.54, 1.807) is 24.3 Å². The van der Waals surface area contributed by atoms with Crippen LogP contribution in [-0.4, -0.2) is 35.7 Å². The van der Waals surface area contributed by atoms with Gasteiger partial charge in [0.2, 0.25) is 5.91 Å². The van der Waals surface area contributed by atoms with Crippen LogP contribution >= 0.6 is 0 Å². The highest BCUT2D eigenvalue weighted by Gasteiger charge is 2.33. The number of nitriles is 1. The number of nitrogens with zero attached hydrogens (tertiary/aromatic N) is 3. The van der Waals surface area contributed by atoms with E-state index in [-0.39, 0.29) is 5.91 Å². The van der Waals surface area contributed by atoms with Crippen molar-refractivity contribution < 1.29 is 4.79 Å². The molecule has 5 heteroatoms. The molecule has 0 saturated carbocycles. The fourth-order valence-corrected chi connectivity index (χ4v) is 4.96. The molecule has 5 nitrogen and oxygen atoms in total. The number of carbonyl (C=O) groups is 1. The molecule has 0 aliphatic carbocycles. The maximum absolute atomic E-state index is 12.8. The molecule has 0 radical (unpaired) electrons. The molecule has 0 bridgehead atoms. The predicted molar refractivity (Wildman–Crippen MR) is 134 cm³/mol. The Morgan fingerprint density at radius 2 is 1.97 bits per heavy atom. The van der Waals surface area contributed by atoms with Gasteiger partial charge in [-0.05, 0) is 92.9 Å². The molecule has 1 saturated heterocycles. The van der Waals surface area contributed by atoms with E-state index in [4.69, 9.17) is 10.3 Å². The Balaban J connectivity index is 1.44. The average Bonchev–Trinajstić information content (AvgIpc) is 2.83. The van der Waals surface area contributed by atoms with Gasteiger partial charge in [-0.2, -0.15) is 5.26 Å². The summed E-state index contributed by atoms with van der Waals surface area (Å²) in [6.45, 7) is 6.67. The van der Waals surface area contributed by atoms with Crippen molar-refractivity contribution in [2.24, 2.45) is 16.8 Å². The van der Waals surface area contributed by atoms with Crippen LogP contribution in [-0.2, 0) is 11.2 Å². The summed E-state index contributed by atoms with van der Waals surface area (Å²) in [5.41, 5.74) is 5.08. The number of carbonyl (C=O) groups excluding carboxylic acids is 1. The molecule has 4 rings (SSSR count). The van der Waals surface area contributed by atoms with E-state index in [2.05, 4.69) is 54.4 Å². The molecule has 1 fully saturated rings. The zero-order valence-corrected chi connectivity index (χ0v) is 19.8. The van der Waals surface area contributed by atoms with Crippen molar-refractivity contribution in [1.82, 2.24) is 4.90 Å². The Kier molecular flexibility index (Phi) is 7.57. The number of aliphatic imine (C=N–C) groups is 1. The quantitative estimate of drug-likeness (QED) is 0.595. The Labute approximate surface area is 197 Å². The Morgan fingerprint density at radius 1 is 1.18 bits per heavy atom. The smallest absolute Gasteiger partial charge is 0.224 e. The molecule has 1 amide bonds. The maximum Gasteiger partial charge on any atom is 0.224 e. The van der Waals surface area contributed by atoms with E-state index in [1.165, 1.54) is 17.7 Å². The lowest BCUT2D eigenvalue weighted by Crippen LogP contribution is -2.48. The van der Waals surface area contributed by atoms with Crippen molar-refractivity contribution in [3.05, 3.63) is 59.7 Å². The van der Waals surface area contributed by atoms with Gasteiger partial charge in [0.1, 0.15) is 0 Å². The molecule has 2 aromatic carbocycles. The van der Waals surface area contributed by atoms with Gasteiger partial charge in [0, 0.05) is 23.9 Å². The maximum atomic E-state index is 12.8. The van der Waals surface area contributed by atoms with Gasteiger partial charge in [-0.25, -0.2) is 0 Å². The number of benzene rings is 2. The summed E-state index contributed by atoms with van der Waals surface area (Å²) < 4.78 is 0. The molecule has 2 aliphatic heterocycles. The summed E-state index contributed by atoms with van der Waals surface area (Å²) in [4.78, 5) is 20.5. The lowest BCUT2D eigenvalue weighted by atomic mass is 9.83. The number of hydrogen-bond donors (Lipinski definition) is 1. The monoisotopic (exact) mass is 442 g/mol. The largest absolute Gasteiger partial charge is 0.326 e. The van der Waals surface area contributed by atoms with Crippen molar-refractivity contribution in [2.75, 3.05) is 18.4 Å². The van der Waals surface area contributed by atoms with Gasteiger partial charge in [0.15, 0.2) is 0 Å². The topological polar surface area (TPSA) is 68.5 Å².